The zero-order valence-corrected chi connectivity index (χ0v) is 12.3. The zero-order valence-electron chi connectivity index (χ0n) is 12.3. The first-order chi connectivity index (χ1) is 10.3. The quantitative estimate of drug-likeness (QED) is 0.731. The first-order valence-corrected chi connectivity index (χ1v) is 7.24. The molecule has 112 valence electrons. The van der Waals surface area contributed by atoms with Gasteiger partial charge < -0.3 is 15.0 Å². The number of amides is 1. The lowest BCUT2D eigenvalue weighted by Gasteiger charge is -2.08. The van der Waals surface area contributed by atoms with Crippen molar-refractivity contribution in [3.63, 3.8) is 0 Å². The smallest absolute Gasteiger partial charge is 0.257 e. The molecule has 0 aliphatic heterocycles. The van der Waals surface area contributed by atoms with E-state index in [1.54, 1.807) is 12.4 Å². The average molecular weight is 287 g/mol. The van der Waals surface area contributed by atoms with Crippen molar-refractivity contribution >= 4 is 5.91 Å². The summed E-state index contributed by atoms with van der Waals surface area (Å²) in [6.07, 6.45) is 6.16. The average Bonchev–Trinajstić information content (AvgIpc) is 3.03. The number of aromatic amines is 1. The maximum absolute atomic E-state index is 11.7. The number of hydrogen-bond donors (Lipinski definition) is 2. The van der Waals surface area contributed by atoms with E-state index in [-0.39, 0.29) is 12.5 Å². The molecule has 1 aromatic carbocycles. The molecule has 0 aliphatic rings. The number of aryl methyl sites for hydroxylation is 2. The van der Waals surface area contributed by atoms with Crippen LogP contribution >= 0.6 is 0 Å². The Bertz CT molecular complexity index is 552. The van der Waals surface area contributed by atoms with E-state index in [1.165, 1.54) is 5.56 Å². The lowest BCUT2D eigenvalue weighted by molar-refractivity contribution is -0.123. The number of H-pyrrole nitrogens is 1. The van der Waals surface area contributed by atoms with Crippen LogP contribution in [-0.4, -0.2) is 29.0 Å². The highest BCUT2D eigenvalue weighted by atomic mass is 16.5. The first kappa shape index (κ1) is 15.1. The number of rotatable bonds is 8. The molecule has 2 N–H and O–H groups in total. The van der Waals surface area contributed by atoms with Crippen LogP contribution in [0.15, 0.2) is 36.7 Å². The van der Waals surface area contributed by atoms with Crippen molar-refractivity contribution in [3.8, 4) is 5.75 Å². The van der Waals surface area contributed by atoms with Gasteiger partial charge in [-0.25, -0.2) is 4.98 Å². The normalized spacial score (nSPS) is 10.3. The van der Waals surface area contributed by atoms with Gasteiger partial charge in [-0.1, -0.05) is 19.1 Å². The number of carbonyl (C=O) groups excluding carboxylic acids is 1. The van der Waals surface area contributed by atoms with Gasteiger partial charge in [-0.3, -0.25) is 4.79 Å². The maximum atomic E-state index is 11.7. The highest BCUT2D eigenvalue weighted by molar-refractivity contribution is 5.77. The minimum atomic E-state index is -0.101. The van der Waals surface area contributed by atoms with E-state index >= 15 is 0 Å². The van der Waals surface area contributed by atoms with Crippen LogP contribution in [0.25, 0.3) is 0 Å². The summed E-state index contributed by atoms with van der Waals surface area (Å²) < 4.78 is 5.48. The number of hydrogen-bond acceptors (Lipinski definition) is 3. The third-order valence-electron chi connectivity index (χ3n) is 3.14. The van der Waals surface area contributed by atoms with Gasteiger partial charge in [0, 0.05) is 25.4 Å². The van der Waals surface area contributed by atoms with E-state index in [2.05, 4.69) is 22.2 Å². The van der Waals surface area contributed by atoms with E-state index in [1.807, 2.05) is 24.3 Å². The summed E-state index contributed by atoms with van der Waals surface area (Å²) in [5.41, 5.74) is 1.20. The lowest BCUT2D eigenvalue weighted by Crippen LogP contribution is -2.30. The number of benzene rings is 1. The molecular formula is C16H21N3O2. The standard InChI is InChI=1S/C16H21N3O2/c1-2-13-5-3-6-14(11-13)21-12-16(20)19-8-4-7-15-17-9-10-18-15/h3,5-6,9-11H,2,4,7-8,12H2,1H3,(H,17,18)(H,19,20). The Morgan fingerprint density at radius 3 is 3.10 bits per heavy atom. The van der Waals surface area contributed by atoms with Gasteiger partial charge in [-0.2, -0.15) is 0 Å². The van der Waals surface area contributed by atoms with E-state index in [0.29, 0.717) is 6.54 Å². The van der Waals surface area contributed by atoms with Crippen LogP contribution in [0.4, 0.5) is 0 Å². The van der Waals surface area contributed by atoms with Crippen LogP contribution in [0, 0.1) is 0 Å². The van der Waals surface area contributed by atoms with E-state index in [9.17, 15) is 4.79 Å². The molecule has 21 heavy (non-hydrogen) atoms. The second kappa shape index (κ2) is 8.09. The molecule has 0 saturated heterocycles. The topological polar surface area (TPSA) is 67.0 Å². The van der Waals surface area contributed by atoms with Crippen molar-refractivity contribution < 1.29 is 9.53 Å². The summed E-state index contributed by atoms with van der Waals surface area (Å²) in [7, 11) is 0. The molecule has 0 aliphatic carbocycles. The number of imidazole rings is 1. The third kappa shape index (κ3) is 5.30. The molecule has 0 atom stereocenters. The molecule has 1 amide bonds. The largest absolute Gasteiger partial charge is 0.484 e. The van der Waals surface area contributed by atoms with Crippen LogP contribution in [0.5, 0.6) is 5.75 Å². The Morgan fingerprint density at radius 2 is 2.33 bits per heavy atom. The fourth-order valence-corrected chi connectivity index (χ4v) is 1.97. The SMILES string of the molecule is CCc1cccc(OCC(=O)NCCCc2ncc[nH]2)c1. The molecule has 1 heterocycles. The van der Waals surface area contributed by atoms with Crippen LogP contribution in [-0.2, 0) is 17.6 Å². The number of nitrogens with zero attached hydrogens (tertiary/aromatic N) is 1. The molecule has 2 rings (SSSR count). The summed E-state index contributed by atoms with van der Waals surface area (Å²) in [5.74, 6) is 1.58. The van der Waals surface area contributed by atoms with Gasteiger partial charge in [-0.15, -0.1) is 0 Å². The fourth-order valence-electron chi connectivity index (χ4n) is 1.97. The van der Waals surface area contributed by atoms with Gasteiger partial charge in [-0.05, 0) is 30.5 Å². The molecule has 0 bridgehead atoms. The molecule has 0 radical (unpaired) electrons. The molecule has 0 unspecified atom stereocenters. The predicted octanol–water partition coefficient (Wildman–Crippen LogP) is 2.10. The van der Waals surface area contributed by atoms with Crippen molar-refractivity contribution in [3.05, 3.63) is 48.0 Å². The van der Waals surface area contributed by atoms with E-state index in [4.69, 9.17) is 4.74 Å². The van der Waals surface area contributed by atoms with Crippen molar-refractivity contribution in [2.24, 2.45) is 0 Å². The highest BCUT2D eigenvalue weighted by Crippen LogP contribution is 2.13. The van der Waals surface area contributed by atoms with Gasteiger partial charge >= 0.3 is 0 Å². The summed E-state index contributed by atoms with van der Waals surface area (Å²) in [4.78, 5) is 18.8. The summed E-state index contributed by atoms with van der Waals surface area (Å²) >= 11 is 0. The molecule has 1 aromatic heterocycles. The molecule has 5 nitrogen and oxygen atoms in total. The maximum Gasteiger partial charge on any atom is 0.257 e. The van der Waals surface area contributed by atoms with Crippen LogP contribution in [0.1, 0.15) is 24.7 Å². The van der Waals surface area contributed by atoms with Gasteiger partial charge in [0.25, 0.3) is 5.91 Å². The zero-order chi connectivity index (χ0) is 14.9. The monoisotopic (exact) mass is 287 g/mol. The van der Waals surface area contributed by atoms with Crippen molar-refractivity contribution in [1.82, 2.24) is 15.3 Å². The van der Waals surface area contributed by atoms with Gasteiger partial charge in [0.2, 0.25) is 0 Å². The highest BCUT2D eigenvalue weighted by Gasteiger charge is 2.03. The molecule has 2 aromatic rings. The summed E-state index contributed by atoms with van der Waals surface area (Å²) in [6, 6.07) is 7.81. The minimum absolute atomic E-state index is 0.0495. The van der Waals surface area contributed by atoms with Crippen molar-refractivity contribution in [2.45, 2.75) is 26.2 Å². The Balaban J connectivity index is 1.62. The lowest BCUT2D eigenvalue weighted by atomic mass is 10.2. The molecule has 0 fully saturated rings. The van der Waals surface area contributed by atoms with Crippen molar-refractivity contribution in [2.75, 3.05) is 13.2 Å². The van der Waals surface area contributed by atoms with Crippen LogP contribution < -0.4 is 10.1 Å². The molecule has 0 saturated carbocycles. The summed E-state index contributed by atoms with van der Waals surface area (Å²) in [5, 5.41) is 2.84. The Kier molecular flexibility index (Phi) is 5.82. The number of carbonyl (C=O) groups is 1. The number of nitrogens with one attached hydrogen (secondary N) is 2. The van der Waals surface area contributed by atoms with Crippen LogP contribution in [0.2, 0.25) is 0 Å². The fraction of sp³-hybridized carbons (Fsp3) is 0.375. The summed E-state index contributed by atoms with van der Waals surface area (Å²) in [6.45, 7) is 2.76. The van der Waals surface area contributed by atoms with Crippen molar-refractivity contribution in [1.29, 1.82) is 0 Å². The molecule has 5 heteroatoms. The Hall–Kier alpha value is -2.30. The number of aromatic nitrogens is 2. The Labute approximate surface area is 124 Å². The molecule has 0 spiro atoms. The third-order valence-corrected chi connectivity index (χ3v) is 3.14. The Morgan fingerprint density at radius 1 is 1.43 bits per heavy atom. The van der Waals surface area contributed by atoms with Crippen LogP contribution in [0.3, 0.4) is 0 Å². The van der Waals surface area contributed by atoms with Gasteiger partial charge in [0.15, 0.2) is 6.61 Å². The minimum Gasteiger partial charge on any atom is -0.484 e. The van der Waals surface area contributed by atoms with E-state index in [0.717, 1.165) is 30.8 Å². The van der Waals surface area contributed by atoms with Gasteiger partial charge in [0.1, 0.15) is 11.6 Å². The first-order valence-electron chi connectivity index (χ1n) is 7.24. The predicted molar refractivity (Wildman–Crippen MR) is 81.2 cm³/mol. The van der Waals surface area contributed by atoms with Gasteiger partial charge in [0.05, 0.1) is 0 Å². The molecular weight excluding hydrogens is 266 g/mol. The number of ether oxygens (including phenoxy) is 1. The van der Waals surface area contributed by atoms with E-state index < -0.39 is 0 Å². The second-order valence-corrected chi connectivity index (χ2v) is 4.78. The second-order valence-electron chi connectivity index (χ2n) is 4.78.